The normalized spacial score (nSPS) is 25.8. The molecule has 0 saturated carbocycles. The minimum atomic E-state index is -2.06. The van der Waals surface area contributed by atoms with Crippen molar-refractivity contribution in [1.82, 2.24) is 10.2 Å². The first kappa shape index (κ1) is 23.0. The molecule has 2 heterocycles. The number of benzene rings is 2. The first-order chi connectivity index (χ1) is 15.1. The van der Waals surface area contributed by atoms with Crippen molar-refractivity contribution in [3.8, 4) is 0 Å². The number of piperazine rings is 1. The van der Waals surface area contributed by atoms with Gasteiger partial charge in [-0.05, 0) is 32.0 Å². The highest BCUT2D eigenvalue weighted by atomic mass is 35.5. The number of nitrogens with one attached hydrogen (secondary N) is 1. The molecule has 0 radical (unpaired) electrons. The number of hydrogen-bond donors (Lipinski definition) is 3. The van der Waals surface area contributed by atoms with E-state index in [4.69, 9.17) is 28.9 Å². The molecule has 0 aliphatic carbocycles. The number of carbonyl (C=O) groups excluding carboxylic acids is 2. The molecule has 7 nitrogen and oxygen atoms in total. The summed E-state index contributed by atoms with van der Waals surface area (Å²) < 4.78 is 0. The van der Waals surface area contributed by atoms with Crippen molar-refractivity contribution in [3.63, 3.8) is 0 Å². The van der Waals surface area contributed by atoms with E-state index in [1.54, 1.807) is 24.3 Å². The topological polar surface area (TPSA) is 98.9 Å². The Labute approximate surface area is 197 Å². The third-order valence-electron chi connectivity index (χ3n) is 6.10. The number of nitrogens with zero attached hydrogens (tertiary/aromatic N) is 2. The molecule has 0 aromatic heterocycles. The molecule has 0 spiro atoms. The first-order valence-corrected chi connectivity index (χ1v) is 11.3. The number of nitrogens with two attached hydrogens (primary N) is 1. The van der Waals surface area contributed by atoms with Crippen molar-refractivity contribution < 1.29 is 14.7 Å². The lowest BCUT2D eigenvalue weighted by Crippen LogP contribution is -2.55. The largest absolute Gasteiger partial charge is 0.372 e. The van der Waals surface area contributed by atoms with Crippen molar-refractivity contribution in [2.75, 3.05) is 31.1 Å². The molecule has 2 aliphatic heterocycles. The van der Waals surface area contributed by atoms with Gasteiger partial charge in [-0.2, -0.15) is 0 Å². The minimum Gasteiger partial charge on any atom is -0.372 e. The third kappa shape index (κ3) is 3.89. The van der Waals surface area contributed by atoms with Crippen LogP contribution < -0.4 is 16.0 Å². The van der Waals surface area contributed by atoms with Gasteiger partial charge in [-0.25, -0.2) is 0 Å². The van der Waals surface area contributed by atoms with Gasteiger partial charge in [-0.3, -0.25) is 14.5 Å². The zero-order valence-corrected chi connectivity index (χ0v) is 19.5. The first-order valence-electron chi connectivity index (χ1n) is 10.5. The summed E-state index contributed by atoms with van der Waals surface area (Å²) in [4.78, 5) is 29.3. The van der Waals surface area contributed by atoms with Gasteiger partial charge in [-0.15, -0.1) is 0 Å². The molecule has 32 heavy (non-hydrogen) atoms. The summed E-state index contributed by atoms with van der Waals surface area (Å²) in [5, 5.41) is 15.6. The van der Waals surface area contributed by atoms with E-state index in [-0.39, 0.29) is 26.7 Å². The van der Waals surface area contributed by atoms with Crippen LogP contribution in [0.4, 0.5) is 5.69 Å². The quantitative estimate of drug-likeness (QED) is 0.614. The average Bonchev–Trinajstić information content (AvgIpc) is 2.94. The Morgan fingerprint density at radius 3 is 2.44 bits per heavy atom. The van der Waals surface area contributed by atoms with Gasteiger partial charge < -0.3 is 21.1 Å². The van der Waals surface area contributed by atoms with Crippen LogP contribution >= 0.6 is 23.2 Å². The van der Waals surface area contributed by atoms with Crippen LogP contribution in [-0.2, 0) is 10.4 Å². The Kier molecular flexibility index (Phi) is 6.22. The van der Waals surface area contributed by atoms with Gasteiger partial charge in [0.25, 0.3) is 5.91 Å². The van der Waals surface area contributed by atoms with Crippen LogP contribution in [0.15, 0.2) is 36.4 Å². The Bertz CT molecular complexity index is 1070. The number of amides is 2. The van der Waals surface area contributed by atoms with Crippen molar-refractivity contribution in [3.05, 3.63) is 63.1 Å². The van der Waals surface area contributed by atoms with Crippen LogP contribution in [0, 0.1) is 0 Å². The summed E-state index contributed by atoms with van der Waals surface area (Å²) in [5.74, 6) is -1.22. The van der Waals surface area contributed by atoms with Gasteiger partial charge in [0, 0.05) is 60.0 Å². The molecular formula is C23H26Cl2N4O3. The molecule has 2 amide bonds. The van der Waals surface area contributed by atoms with E-state index >= 15 is 0 Å². The van der Waals surface area contributed by atoms with Crippen LogP contribution in [0.5, 0.6) is 0 Å². The van der Waals surface area contributed by atoms with Crippen molar-refractivity contribution in [1.29, 1.82) is 0 Å². The smallest absolute Gasteiger partial charge is 0.268 e. The van der Waals surface area contributed by atoms with Crippen molar-refractivity contribution >= 4 is 40.7 Å². The van der Waals surface area contributed by atoms with Crippen LogP contribution in [0.3, 0.4) is 0 Å². The molecule has 0 bridgehead atoms. The molecule has 170 valence electrons. The lowest BCUT2D eigenvalue weighted by molar-refractivity contribution is -0.132. The molecule has 1 saturated heterocycles. The van der Waals surface area contributed by atoms with Gasteiger partial charge in [-0.1, -0.05) is 41.4 Å². The zero-order chi connectivity index (χ0) is 23.2. The van der Waals surface area contributed by atoms with Gasteiger partial charge in [0.15, 0.2) is 5.60 Å². The number of halogens is 2. The summed E-state index contributed by atoms with van der Waals surface area (Å²) in [6.45, 7) is 6.84. The number of anilines is 1. The van der Waals surface area contributed by atoms with Gasteiger partial charge in [0.1, 0.15) is 0 Å². The summed E-state index contributed by atoms with van der Waals surface area (Å²) >= 11 is 12.9. The molecule has 9 heteroatoms. The molecule has 3 unspecified atom stereocenters. The standard InChI is InChI=1S/C23H26Cl2N4O3/c1-13-11-28(12-14(2)27-13)7-8-29-19-10-15(21(26)30)9-18(25)20(19)23(32,22(29)31)16-5-3-4-6-17(16)24/h3-6,9-10,13-14,27,32H,7-8,11-12H2,1-2H3,(H2,26,30). The van der Waals surface area contributed by atoms with Crippen molar-refractivity contribution in [2.45, 2.75) is 31.5 Å². The summed E-state index contributed by atoms with van der Waals surface area (Å²) in [6.07, 6.45) is 0. The number of aliphatic hydroxyl groups is 1. The Morgan fingerprint density at radius 2 is 1.81 bits per heavy atom. The number of fused-ring (bicyclic) bond motifs is 1. The highest BCUT2D eigenvalue weighted by Gasteiger charge is 2.53. The van der Waals surface area contributed by atoms with E-state index < -0.39 is 17.4 Å². The Hall–Kier alpha value is -2.16. The summed E-state index contributed by atoms with van der Waals surface area (Å²) in [5.41, 5.74) is 4.41. The highest BCUT2D eigenvalue weighted by molar-refractivity contribution is 6.35. The monoisotopic (exact) mass is 476 g/mol. The molecule has 3 atom stereocenters. The summed E-state index contributed by atoms with van der Waals surface area (Å²) in [7, 11) is 0. The van der Waals surface area contributed by atoms with Crippen LogP contribution in [-0.4, -0.2) is 60.1 Å². The van der Waals surface area contributed by atoms with E-state index in [0.29, 0.717) is 30.9 Å². The van der Waals surface area contributed by atoms with E-state index in [9.17, 15) is 14.7 Å². The maximum atomic E-state index is 13.7. The second-order valence-corrected chi connectivity index (χ2v) is 9.41. The molecule has 2 aliphatic rings. The second kappa shape index (κ2) is 8.65. The molecule has 4 N–H and O–H groups in total. The number of carbonyl (C=O) groups is 2. The van der Waals surface area contributed by atoms with E-state index in [0.717, 1.165) is 13.1 Å². The molecular weight excluding hydrogens is 451 g/mol. The predicted octanol–water partition coefficient (Wildman–Crippen LogP) is 2.36. The number of hydrogen-bond acceptors (Lipinski definition) is 5. The van der Waals surface area contributed by atoms with Gasteiger partial charge >= 0.3 is 0 Å². The fourth-order valence-electron chi connectivity index (χ4n) is 4.81. The van der Waals surface area contributed by atoms with Crippen LogP contribution in [0.2, 0.25) is 10.0 Å². The van der Waals surface area contributed by atoms with E-state index in [1.807, 2.05) is 0 Å². The third-order valence-corrected chi connectivity index (χ3v) is 6.73. The average molecular weight is 477 g/mol. The van der Waals surface area contributed by atoms with Gasteiger partial charge in [0.2, 0.25) is 5.91 Å². The Balaban J connectivity index is 1.76. The summed E-state index contributed by atoms with van der Waals surface area (Å²) in [6, 6.07) is 10.2. The lowest BCUT2D eigenvalue weighted by Gasteiger charge is -2.37. The molecule has 1 fully saturated rings. The fraction of sp³-hybridized carbons (Fsp3) is 0.391. The SMILES string of the molecule is CC1CN(CCN2C(=O)C(O)(c3ccccc3Cl)c3c(Cl)cc(C(N)=O)cc32)CC(C)N1. The van der Waals surface area contributed by atoms with Crippen molar-refractivity contribution in [2.24, 2.45) is 5.73 Å². The lowest BCUT2D eigenvalue weighted by atomic mass is 9.87. The fourth-order valence-corrected chi connectivity index (χ4v) is 5.43. The minimum absolute atomic E-state index is 0.0824. The molecule has 2 aromatic rings. The predicted molar refractivity (Wildman–Crippen MR) is 125 cm³/mol. The van der Waals surface area contributed by atoms with E-state index in [2.05, 4.69) is 24.1 Å². The second-order valence-electron chi connectivity index (χ2n) is 8.59. The molecule has 2 aromatic carbocycles. The van der Waals surface area contributed by atoms with Crippen LogP contribution in [0.1, 0.15) is 35.3 Å². The van der Waals surface area contributed by atoms with E-state index in [1.165, 1.54) is 17.0 Å². The highest BCUT2D eigenvalue weighted by Crippen LogP contribution is 2.49. The van der Waals surface area contributed by atoms with Gasteiger partial charge in [0.05, 0.1) is 10.7 Å². The van der Waals surface area contributed by atoms with Crippen LogP contribution in [0.25, 0.3) is 0 Å². The Morgan fingerprint density at radius 1 is 1.16 bits per heavy atom. The maximum absolute atomic E-state index is 13.7. The maximum Gasteiger partial charge on any atom is 0.268 e. The molecule has 4 rings (SSSR count). The zero-order valence-electron chi connectivity index (χ0n) is 17.9. The number of rotatable bonds is 5. The number of primary amides is 1.